The summed E-state index contributed by atoms with van der Waals surface area (Å²) in [5.41, 5.74) is 0.333. The minimum Gasteiger partial charge on any atom is -0.381 e. The van der Waals surface area contributed by atoms with E-state index < -0.39 is 24.7 Å². The maximum absolute atomic E-state index is 12.8. The fourth-order valence-corrected chi connectivity index (χ4v) is 2.44. The Bertz CT molecular complexity index is 575. The number of amides is 1. The Morgan fingerprint density at radius 1 is 1.36 bits per heavy atom. The van der Waals surface area contributed by atoms with Gasteiger partial charge in [-0.3, -0.25) is 4.79 Å². The molecule has 4 nitrogen and oxygen atoms in total. The predicted molar refractivity (Wildman–Crippen MR) is 72.1 cm³/mol. The van der Waals surface area contributed by atoms with Crippen LogP contribution in [-0.4, -0.2) is 42.8 Å². The highest BCUT2D eigenvalue weighted by Gasteiger charge is 2.37. The third kappa shape index (κ3) is 4.21. The molecule has 1 fully saturated rings. The second kappa shape index (κ2) is 6.79. The van der Waals surface area contributed by atoms with E-state index in [0.29, 0.717) is 26.1 Å². The van der Waals surface area contributed by atoms with E-state index in [1.165, 1.54) is 24.3 Å². The number of rotatable bonds is 3. The molecule has 1 aliphatic rings. The molecule has 7 heteroatoms. The minimum absolute atomic E-state index is 0.0924. The van der Waals surface area contributed by atoms with E-state index in [-0.39, 0.29) is 11.1 Å². The van der Waals surface area contributed by atoms with Crippen molar-refractivity contribution in [2.24, 2.45) is 0 Å². The molecule has 0 spiro atoms. The molecule has 118 valence electrons. The predicted octanol–water partition coefficient (Wildman–Crippen LogP) is 2.74. The molecule has 0 aromatic heterocycles. The van der Waals surface area contributed by atoms with Crippen LogP contribution in [0.5, 0.6) is 0 Å². The fourth-order valence-electron chi connectivity index (χ4n) is 2.44. The monoisotopic (exact) mass is 312 g/mol. The lowest BCUT2D eigenvalue weighted by atomic mass is 10.0. The molecular formula is C15H15F3N2O2. The molecule has 1 amide bonds. The van der Waals surface area contributed by atoms with Crippen molar-refractivity contribution in [2.75, 3.05) is 19.8 Å². The maximum atomic E-state index is 12.8. The number of alkyl halides is 3. The number of nitriles is 1. The molecule has 0 atom stereocenters. The lowest BCUT2D eigenvalue weighted by Gasteiger charge is -2.34. The van der Waals surface area contributed by atoms with Crippen LogP contribution in [-0.2, 0) is 4.74 Å². The van der Waals surface area contributed by atoms with Crippen molar-refractivity contribution in [3.63, 3.8) is 0 Å². The molecule has 0 radical (unpaired) electrons. The standard InChI is InChI=1S/C15H15F3N2O2/c16-15(17,18)10-20(13-4-6-22-7-5-13)14(21)12-3-1-2-11(8-12)9-19/h1-3,8,13H,4-7,10H2. The van der Waals surface area contributed by atoms with Gasteiger partial charge in [-0.2, -0.15) is 18.4 Å². The first kappa shape index (κ1) is 16.3. The van der Waals surface area contributed by atoms with Crippen molar-refractivity contribution in [1.82, 2.24) is 4.90 Å². The molecule has 0 unspecified atom stereocenters. The van der Waals surface area contributed by atoms with E-state index in [2.05, 4.69) is 0 Å². The number of hydrogen-bond acceptors (Lipinski definition) is 3. The van der Waals surface area contributed by atoms with Crippen LogP contribution in [0, 0.1) is 11.3 Å². The lowest BCUT2D eigenvalue weighted by molar-refractivity contribution is -0.147. The molecule has 1 aromatic rings. The number of carbonyl (C=O) groups excluding carboxylic acids is 1. The van der Waals surface area contributed by atoms with Gasteiger partial charge in [-0.25, -0.2) is 0 Å². The Kier molecular flexibility index (Phi) is 5.03. The van der Waals surface area contributed by atoms with Crippen molar-refractivity contribution in [3.8, 4) is 6.07 Å². The van der Waals surface area contributed by atoms with Crippen LogP contribution in [0.15, 0.2) is 24.3 Å². The number of nitrogens with zero attached hydrogens (tertiary/aromatic N) is 2. The van der Waals surface area contributed by atoms with Gasteiger partial charge in [0.2, 0.25) is 0 Å². The zero-order valence-electron chi connectivity index (χ0n) is 11.8. The van der Waals surface area contributed by atoms with Gasteiger partial charge in [0.1, 0.15) is 6.54 Å². The highest BCUT2D eigenvalue weighted by molar-refractivity contribution is 5.94. The average Bonchev–Trinajstić information content (AvgIpc) is 2.52. The van der Waals surface area contributed by atoms with Crippen molar-refractivity contribution in [3.05, 3.63) is 35.4 Å². The molecule has 1 aromatic carbocycles. The topological polar surface area (TPSA) is 53.3 Å². The van der Waals surface area contributed by atoms with Gasteiger partial charge in [-0.1, -0.05) is 6.07 Å². The van der Waals surface area contributed by atoms with Crippen molar-refractivity contribution < 1.29 is 22.7 Å². The second-order valence-electron chi connectivity index (χ2n) is 5.08. The quantitative estimate of drug-likeness (QED) is 0.862. The fraction of sp³-hybridized carbons (Fsp3) is 0.467. The van der Waals surface area contributed by atoms with Crippen LogP contribution in [0.3, 0.4) is 0 Å². The first-order valence-electron chi connectivity index (χ1n) is 6.86. The van der Waals surface area contributed by atoms with E-state index in [4.69, 9.17) is 10.00 Å². The Morgan fingerprint density at radius 2 is 2.05 bits per heavy atom. The summed E-state index contributed by atoms with van der Waals surface area (Å²) in [6.07, 6.45) is -3.72. The van der Waals surface area contributed by atoms with Gasteiger partial charge in [0.15, 0.2) is 0 Å². The van der Waals surface area contributed by atoms with Crippen LogP contribution in [0.25, 0.3) is 0 Å². The average molecular weight is 312 g/mol. The number of carbonyl (C=O) groups is 1. The third-order valence-corrected chi connectivity index (χ3v) is 3.48. The summed E-state index contributed by atoms with van der Waals surface area (Å²) < 4.78 is 43.6. The number of ether oxygens (including phenoxy) is 1. The largest absolute Gasteiger partial charge is 0.406 e. The summed E-state index contributed by atoms with van der Waals surface area (Å²) in [4.78, 5) is 13.3. The third-order valence-electron chi connectivity index (χ3n) is 3.48. The van der Waals surface area contributed by atoms with E-state index in [9.17, 15) is 18.0 Å². The van der Waals surface area contributed by atoms with E-state index in [1.54, 1.807) is 0 Å². The van der Waals surface area contributed by atoms with Gasteiger partial charge in [0.25, 0.3) is 5.91 Å². The highest BCUT2D eigenvalue weighted by Crippen LogP contribution is 2.24. The van der Waals surface area contributed by atoms with E-state index in [0.717, 1.165) is 4.90 Å². The van der Waals surface area contributed by atoms with Crippen LogP contribution < -0.4 is 0 Å². The summed E-state index contributed by atoms with van der Waals surface area (Å²) in [6.45, 7) is -0.623. The molecule has 1 saturated heterocycles. The lowest BCUT2D eigenvalue weighted by Crippen LogP contribution is -2.47. The summed E-state index contributed by atoms with van der Waals surface area (Å²) in [6, 6.07) is 7.09. The summed E-state index contributed by atoms with van der Waals surface area (Å²) in [7, 11) is 0. The summed E-state index contributed by atoms with van der Waals surface area (Å²) in [5.74, 6) is -0.707. The zero-order valence-corrected chi connectivity index (χ0v) is 11.8. The van der Waals surface area contributed by atoms with Gasteiger partial charge in [-0.15, -0.1) is 0 Å². The second-order valence-corrected chi connectivity index (χ2v) is 5.08. The van der Waals surface area contributed by atoms with Gasteiger partial charge >= 0.3 is 6.18 Å². The van der Waals surface area contributed by atoms with Crippen LogP contribution in [0.2, 0.25) is 0 Å². The van der Waals surface area contributed by atoms with Crippen molar-refractivity contribution in [1.29, 1.82) is 5.26 Å². The molecule has 0 aliphatic carbocycles. The molecule has 0 N–H and O–H groups in total. The van der Waals surface area contributed by atoms with Gasteiger partial charge in [0, 0.05) is 24.8 Å². The Labute approximate surface area is 126 Å². The normalized spacial score (nSPS) is 16.1. The molecule has 2 rings (SSSR count). The minimum atomic E-state index is -4.47. The molecule has 0 saturated carbocycles. The smallest absolute Gasteiger partial charge is 0.381 e. The van der Waals surface area contributed by atoms with E-state index in [1.807, 2.05) is 6.07 Å². The molecular weight excluding hydrogens is 297 g/mol. The molecule has 0 bridgehead atoms. The Balaban J connectivity index is 2.26. The van der Waals surface area contributed by atoms with Crippen LogP contribution in [0.4, 0.5) is 13.2 Å². The first-order valence-corrected chi connectivity index (χ1v) is 6.86. The van der Waals surface area contributed by atoms with E-state index >= 15 is 0 Å². The number of halogens is 3. The zero-order chi connectivity index (χ0) is 16.2. The van der Waals surface area contributed by atoms with Gasteiger partial charge in [0.05, 0.1) is 11.6 Å². The Hall–Kier alpha value is -2.07. The molecule has 22 heavy (non-hydrogen) atoms. The maximum Gasteiger partial charge on any atom is 0.406 e. The van der Waals surface area contributed by atoms with Gasteiger partial charge in [-0.05, 0) is 31.0 Å². The summed E-state index contributed by atoms with van der Waals surface area (Å²) >= 11 is 0. The first-order chi connectivity index (χ1) is 10.4. The Morgan fingerprint density at radius 3 is 2.64 bits per heavy atom. The van der Waals surface area contributed by atoms with Crippen LogP contribution in [0.1, 0.15) is 28.8 Å². The van der Waals surface area contributed by atoms with Crippen LogP contribution >= 0.6 is 0 Å². The van der Waals surface area contributed by atoms with Crippen molar-refractivity contribution in [2.45, 2.75) is 25.1 Å². The highest BCUT2D eigenvalue weighted by atomic mass is 19.4. The van der Waals surface area contributed by atoms with Gasteiger partial charge < -0.3 is 9.64 Å². The number of benzene rings is 1. The molecule has 1 heterocycles. The SMILES string of the molecule is N#Cc1cccc(C(=O)N(CC(F)(F)F)C2CCOCC2)c1. The van der Waals surface area contributed by atoms with Crippen molar-refractivity contribution >= 4 is 5.91 Å². The number of hydrogen-bond donors (Lipinski definition) is 0. The summed E-state index contributed by atoms with van der Waals surface area (Å²) in [5, 5.41) is 8.85. The molecule has 1 aliphatic heterocycles.